The molecule has 4 rings (SSSR count). The average molecular weight is 457 g/mol. The van der Waals surface area contributed by atoms with Crippen LogP contribution in [0.2, 0.25) is 10.0 Å². The lowest BCUT2D eigenvalue weighted by atomic mass is 9.94. The summed E-state index contributed by atoms with van der Waals surface area (Å²) in [5.74, 6) is 1.07. The van der Waals surface area contributed by atoms with Crippen LogP contribution in [0, 0.1) is 5.92 Å². The van der Waals surface area contributed by atoms with E-state index in [2.05, 4.69) is 29.3 Å². The van der Waals surface area contributed by atoms with Crippen LogP contribution in [-0.2, 0) is 0 Å². The zero-order valence-corrected chi connectivity index (χ0v) is 18.9. The molecule has 8 heteroatoms. The quantitative estimate of drug-likeness (QED) is 0.496. The molecule has 0 saturated carbocycles. The predicted octanol–water partition coefficient (Wildman–Crippen LogP) is 6.20. The fourth-order valence-electron chi connectivity index (χ4n) is 3.63. The number of halogens is 2. The number of aromatic nitrogens is 2. The maximum Gasteiger partial charge on any atom is 0.322 e. The zero-order valence-electron chi connectivity index (χ0n) is 17.4. The van der Waals surface area contributed by atoms with Crippen LogP contribution in [0.4, 0.5) is 4.79 Å². The Hall–Kier alpha value is -2.83. The Morgan fingerprint density at radius 3 is 2.55 bits per heavy atom. The summed E-state index contributed by atoms with van der Waals surface area (Å²) < 4.78 is 5.67. The third-order valence-electron chi connectivity index (χ3n) is 5.09. The second-order valence-electron chi connectivity index (χ2n) is 7.87. The van der Waals surface area contributed by atoms with Crippen molar-refractivity contribution in [3.63, 3.8) is 0 Å². The van der Waals surface area contributed by atoms with Gasteiger partial charge in [-0.25, -0.2) is 4.79 Å². The minimum absolute atomic E-state index is 0.163. The van der Waals surface area contributed by atoms with Crippen molar-refractivity contribution in [2.45, 2.75) is 26.8 Å². The van der Waals surface area contributed by atoms with Gasteiger partial charge < -0.3 is 9.84 Å². The molecule has 0 radical (unpaired) electrons. The largest absolute Gasteiger partial charge is 0.334 e. The highest BCUT2D eigenvalue weighted by Crippen LogP contribution is 2.38. The first-order valence-electron chi connectivity index (χ1n) is 9.97. The Morgan fingerprint density at radius 1 is 1.13 bits per heavy atom. The average Bonchev–Trinajstić information content (AvgIpc) is 3.21. The number of amides is 2. The van der Waals surface area contributed by atoms with Gasteiger partial charge in [0.25, 0.3) is 5.89 Å². The SMILES string of the molecule is CC1=C(c2nc(-c3cccc(Cl)c3)no2)C(c2ccc(Cl)cc2)NC(=O)N1CC(C)C. The molecule has 1 aromatic heterocycles. The van der Waals surface area contributed by atoms with Gasteiger partial charge in [-0.2, -0.15) is 4.98 Å². The Bertz CT molecular complexity index is 1140. The van der Waals surface area contributed by atoms with E-state index in [9.17, 15) is 4.79 Å². The van der Waals surface area contributed by atoms with Gasteiger partial charge in [-0.05, 0) is 42.7 Å². The molecule has 1 atom stereocenters. The Kier molecular flexibility index (Phi) is 6.03. The number of allylic oxidation sites excluding steroid dienone is 1. The predicted molar refractivity (Wildman–Crippen MR) is 122 cm³/mol. The van der Waals surface area contributed by atoms with E-state index in [-0.39, 0.29) is 6.03 Å². The highest BCUT2D eigenvalue weighted by molar-refractivity contribution is 6.31. The smallest absolute Gasteiger partial charge is 0.322 e. The summed E-state index contributed by atoms with van der Waals surface area (Å²) in [6, 6.07) is 14.0. The molecule has 0 fully saturated rings. The van der Waals surface area contributed by atoms with Gasteiger partial charge in [-0.3, -0.25) is 4.90 Å². The van der Waals surface area contributed by atoms with E-state index < -0.39 is 6.04 Å². The molecule has 1 aliphatic rings. The minimum atomic E-state index is -0.444. The molecule has 3 aromatic rings. The number of nitrogens with one attached hydrogen (secondary N) is 1. The number of benzene rings is 2. The third kappa shape index (κ3) is 4.45. The number of carbonyl (C=O) groups excluding carboxylic acids is 1. The van der Waals surface area contributed by atoms with Gasteiger partial charge in [-0.1, -0.05) is 66.5 Å². The molecule has 31 heavy (non-hydrogen) atoms. The summed E-state index contributed by atoms with van der Waals surface area (Å²) in [5.41, 5.74) is 3.16. The van der Waals surface area contributed by atoms with Crippen molar-refractivity contribution in [1.29, 1.82) is 0 Å². The van der Waals surface area contributed by atoms with Crippen molar-refractivity contribution < 1.29 is 9.32 Å². The van der Waals surface area contributed by atoms with Gasteiger partial charge in [0.05, 0.1) is 11.6 Å². The van der Waals surface area contributed by atoms with E-state index in [1.54, 1.807) is 29.2 Å². The molecule has 160 valence electrons. The zero-order chi connectivity index (χ0) is 22.1. The van der Waals surface area contributed by atoms with Gasteiger partial charge in [0.1, 0.15) is 0 Å². The fraction of sp³-hybridized carbons (Fsp3) is 0.261. The Balaban J connectivity index is 1.82. The van der Waals surface area contributed by atoms with Crippen LogP contribution < -0.4 is 5.32 Å². The normalized spacial score (nSPS) is 16.8. The minimum Gasteiger partial charge on any atom is -0.334 e. The van der Waals surface area contributed by atoms with Gasteiger partial charge in [0, 0.05) is 27.9 Å². The van der Waals surface area contributed by atoms with Crippen molar-refractivity contribution in [3.05, 3.63) is 75.7 Å². The highest BCUT2D eigenvalue weighted by Gasteiger charge is 2.35. The lowest BCUT2D eigenvalue weighted by molar-refractivity contribution is 0.199. The number of rotatable bonds is 5. The maximum absolute atomic E-state index is 12.9. The van der Waals surface area contributed by atoms with E-state index in [1.807, 2.05) is 31.2 Å². The molecule has 0 saturated heterocycles. The van der Waals surface area contributed by atoms with Gasteiger partial charge in [-0.15, -0.1) is 0 Å². The molecule has 0 aliphatic carbocycles. The fourth-order valence-corrected chi connectivity index (χ4v) is 3.94. The van der Waals surface area contributed by atoms with Crippen LogP contribution in [0.15, 0.2) is 58.8 Å². The van der Waals surface area contributed by atoms with Crippen molar-refractivity contribution in [1.82, 2.24) is 20.4 Å². The van der Waals surface area contributed by atoms with Crippen molar-refractivity contribution >= 4 is 34.8 Å². The number of hydrogen-bond donors (Lipinski definition) is 1. The van der Waals surface area contributed by atoms with Gasteiger partial charge in [0.2, 0.25) is 5.82 Å². The monoisotopic (exact) mass is 456 g/mol. The topological polar surface area (TPSA) is 71.3 Å². The second kappa shape index (κ2) is 8.73. The molecule has 1 aliphatic heterocycles. The van der Waals surface area contributed by atoms with Crippen molar-refractivity contribution in [2.75, 3.05) is 6.54 Å². The van der Waals surface area contributed by atoms with Crippen LogP contribution in [-0.4, -0.2) is 27.6 Å². The maximum atomic E-state index is 12.9. The number of hydrogen-bond acceptors (Lipinski definition) is 4. The van der Waals surface area contributed by atoms with E-state index in [0.717, 1.165) is 22.4 Å². The highest BCUT2D eigenvalue weighted by atomic mass is 35.5. The molecule has 0 spiro atoms. The van der Waals surface area contributed by atoms with E-state index in [1.165, 1.54) is 0 Å². The first-order chi connectivity index (χ1) is 14.8. The standard InChI is InChI=1S/C23H22Cl2N4O2/c1-13(2)12-29-14(3)19(20(26-23(29)30)15-7-9-17(24)10-8-15)22-27-21(28-31-22)16-5-4-6-18(25)11-16/h4-11,13,20H,12H2,1-3H3,(H,26,30). The molecule has 1 N–H and O–H groups in total. The van der Waals surface area contributed by atoms with Crippen LogP contribution >= 0.6 is 23.2 Å². The molecule has 6 nitrogen and oxygen atoms in total. The molecule has 2 aromatic carbocycles. The lowest BCUT2D eigenvalue weighted by Crippen LogP contribution is -2.47. The molecule has 1 unspecified atom stereocenters. The van der Waals surface area contributed by atoms with Crippen LogP contribution in [0.3, 0.4) is 0 Å². The first-order valence-corrected chi connectivity index (χ1v) is 10.7. The van der Waals surface area contributed by atoms with Crippen LogP contribution in [0.1, 0.15) is 38.3 Å². The van der Waals surface area contributed by atoms with Gasteiger partial charge >= 0.3 is 6.03 Å². The summed E-state index contributed by atoms with van der Waals surface area (Å²) in [5, 5.41) is 8.45. The van der Waals surface area contributed by atoms with Gasteiger partial charge in [0.15, 0.2) is 0 Å². The summed E-state index contributed by atoms with van der Waals surface area (Å²) in [4.78, 5) is 19.3. The summed E-state index contributed by atoms with van der Waals surface area (Å²) >= 11 is 12.2. The molecular weight excluding hydrogens is 435 g/mol. The molecule has 2 amide bonds. The van der Waals surface area contributed by atoms with E-state index in [0.29, 0.717) is 34.2 Å². The summed E-state index contributed by atoms with van der Waals surface area (Å²) in [6.45, 7) is 6.61. The van der Waals surface area contributed by atoms with Crippen LogP contribution in [0.5, 0.6) is 0 Å². The van der Waals surface area contributed by atoms with E-state index >= 15 is 0 Å². The van der Waals surface area contributed by atoms with E-state index in [4.69, 9.17) is 27.7 Å². The third-order valence-corrected chi connectivity index (χ3v) is 5.57. The van der Waals surface area contributed by atoms with Crippen LogP contribution in [0.25, 0.3) is 17.0 Å². The summed E-state index contributed by atoms with van der Waals surface area (Å²) in [6.07, 6.45) is 0. The number of nitrogens with zero attached hydrogens (tertiary/aromatic N) is 3. The molecular formula is C23H22Cl2N4O2. The van der Waals surface area contributed by atoms with Crippen molar-refractivity contribution in [2.24, 2.45) is 5.92 Å². The first kappa shape index (κ1) is 21.4. The number of urea groups is 1. The Labute approximate surface area is 190 Å². The second-order valence-corrected chi connectivity index (χ2v) is 8.74. The molecule has 0 bridgehead atoms. The lowest BCUT2D eigenvalue weighted by Gasteiger charge is -2.36. The summed E-state index contributed by atoms with van der Waals surface area (Å²) in [7, 11) is 0. The Morgan fingerprint density at radius 2 is 1.87 bits per heavy atom. The van der Waals surface area contributed by atoms with Crippen molar-refractivity contribution in [3.8, 4) is 11.4 Å². The number of carbonyl (C=O) groups is 1. The molecule has 2 heterocycles.